The Bertz CT molecular complexity index is 816. The number of carboxylic acids is 1. The second-order valence-electron chi connectivity index (χ2n) is 7.84. The molecule has 2 N–H and O–H groups in total. The molecule has 1 fully saturated rings. The van der Waals surface area contributed by atoms with Crippen LogP contribution in [0.15, 0.2) is 23.3 Å². The lowest BCUT2D eigenvalue weighted by Crippen LogP contribution is -2.58. The fourth-order valence-electron chi connectivity index (χ4n) is 4.16. The van der Waals surface area contributed by atoms with Crippen LogP contribution in [0.4, 0.5) is 0 Å². The number of fused-ring (bicyclic) bond motifs is 3. The van der Waals surface area contributed by atoms with Crippen LogP contribution >= 0.6 is 0 Å². The number of rotatable bonds is 3. The van der Waals surface area contributed by atoms with Crippen molar-refractivity contribution in [2.24, 2.45) is 10.9 Å². The lowest BCUT2D eigenvalue weighted by Gasteiger charge is -2.33. The molecule has 1 saturated heterocycles. The molecule has 8 nitrogen and oxygen atoms in total. The Balaban J connectivity index is 0.00000210. The second kappa shape index (κ2) is 6.69. The van der Waals surface area contributed by atoms with Gasteiger partial charge in [-0.25, -0.2) is 19.6 Å². The van der Waals surface area contributed by atoms with Crippen LogP contribution in [0.2, 0.25) is 0 Å². The fourth-order valence-corrected chi connectivity index (χ4v) is 4.16. The van der Waals surface area contributed by atoms with E-state index in [4.69, 9.17) is 4.99 Å². The molecule has 3 aliphatic heterocycles. The van der Waals surface area contributed by atoms with Crippen LogP contribution in [0.1, 0.15) is 62.4 Å². The molecule has 0 saturated carbocycles. The molecule has 146 valence electrons. The van der Waals surface area contributed by atoms with Gasteiger partial charge in [0.15, 0.2) is 6.20 Å². The van der Waals surface area contributed by atoms with Gasteiger partial charge in [-0.15, -0.1) is 0 Å². The van der Waals surface area contributed by atoms with Gasteiger partial charge in [-0.3, -0.25) is 4.79 Å². The summed E-state index contributed by atoms with van der Waals surface area (Å²) in [6.45, 7) is 7.61. The number of amidine groups is 1. The van der Waals surface area contributed by atoms with Crippen molar-refractivity contribution in [1.82, 2.24) is 9.80 Å². The Kier molecular flexibility index (Phi) is 4.81. The van der Waals surface area contributed by atoms with Gasteiger partial charge in [0, 0.05) is 19.2 Å². The SMILES string of the molecule is CC(C)C1(C)N=C2c3c(C(=O)O)ccc[n+]3C(N3CCCCC3)N2C1=O.[OH-]. The van der Waals surface area contributed by atoms with E-state index in [1.54, 1.807) is 17.0 Å². The summed E-state index contributed by atoms with van der Waals surface area (Å²) in [5.41, 5.74) is -0.127. The summed E-state index contributed by atoms with van der Waals surface area (Å²) in [6.07, 6.45) is 4.90. The van der Waals surface area contributed by atoms with E-state index in [1.807, 2.05) is 31.5 Å². The van der Waals surface area contributed by atoms with Crippen LogP contribution in [0.3, 0.4) is 0 Å². The number of carboxylic acid groups (broad SMARTS) is 1. The molecule has 3 aliphatic rings. The largest absolute Gasteiger partial charge is 0.870 e. The summed E-state index contributed by atoms with van der Waals surface area (Å²) in [5, 5.41) is 9.69. The van der Waals surface area contributed by atoms with E-state index in [0.29, 0.717) is 11.5 Å². The van der Waals surface area contributed by atoms with Crippen molar-refractivity contribution in [3.8, 4) is 0 Å². The summed E-state index contributed by atoms with van der Waals surface area (Å²) in [5.74, 6) is -0.514. The molecular formula is C19H26N4O4. The molecule has 0 bridgehead atoms. The molecule has 4 heterocycles. The first-order valence-corrected chi connectivity index (χ1v) is 9.31. The zero-order valence-corrected chi connectivity index (χ0v) is 15.9. The van der Waals surface area contributed by atoms with Crippen molar-refractivity contribution < 1.29 is 24.7 Å². The second-order valence-corrected chi connectivity index (χ2v) is 7.84. The van der Waals surface area contributed by atoms with Crippen LogP contribution < -0.4 is 4.57 Å². The molecule has 1 aromatic heterocycles. The molecule has 4 rings (SSSR count). The molecule has 0 aliphatic carbocycles. The predicted molar refractivity (Wildman–Crippen MR) is 96.6 cm³/mol. The topological polar surface area (TPSA) is 107 Å². The summed E-state index contributed by atoms with van der Waals surface area (Å²) in [7, 11) is 0. The minimum Gasteiger partial charge on any atom is -0.870 e. The van der Waals surface area contributed by atoms with Gasteiger partial charge in [0.2, 0.25) is 5.84 Å². The van der Waals surface area contributed by atoms with Gasteiger partial charge < -0.3 is 10.6 Å². The average molecular weight is 374 g/mol. The zero-order valence-electron chi connectivity index (χ0n) is 15.9. The third-order valence-corrected chi connectivity index (χ3v) is 6.00. The maximum Gasteiger partial charge on any atom is 0.342 e. The number of nitrogens with zero attached hydrogens (tertiary/aromatic N) is 4. The highest BCUT2D eigenvalue weighted by atomic mass is 16.4. The van der Waals surface area contributed by atoms with E-state index >= 15 is 0 Å². The van der Waals surface area contributed by atoms with Crippen LogP contribution in [0, 0.1) is 5.92 Å². The molecule has 1 aromatic rings. The van der Waals surface area contributed by atoms with Crippen molar-refractivity contribution in [2.45, 2.75) is 51.9 Å². The number of amides is 1. The molecule has 1 amide bonds. The lowest BCUT2D eigenvalue weighted by atomic mass is 9.89. The van der Waals surface area contributed by atoms with Gasteiger partial charge in [0.1, 0.15) is 11.1 Å². The monoisotopic (exact) mass is 374 g/mol. The number of hydrogen-bond donors (Lipinski definition) is 1. The van der Waals surface area contributed by atoms with Gasteiger partial charge >= 0.3 is 12.3 Å². The minimum atomic E-state index is -0.998. The van der Waals surface area contributed by atoms with Crippen LogP contribution in [0.25, 0.3) is 0 Å². The fraction of sp³-hybridized carbons (Fsp3) is 0.579. The van der Waals surface area contributed by atoms with Crippen molar-refractivity contribution in [3.63, 3.8) is 0 Å². The number of aromatic carboxylic acids is 1. The number of carbonyl (C=O) groups is 2. The standard InChI is InChI=1S/C19H24N4O3.H2O/c1-12(2)19(3)17(26)23-15(20-19)14-13(16(24)25)8-7-11-22(14)18(23)21-9-5-4-6-10-21;/h7-8,11-12,18H,4-6,9-10H2,1-3H3;1H2. The predicted octanol–water partition coefficient (Wildman–Crippen LogP) is 1.45. The molecule has 0 spiro atoms. The third-order valence-electron chi connectivity index (χ3n) is 6.00. The average Bonchev–Trinajstić information content (AvgIpc) is 3.08. The van der Waals surface area contributed by atoms with E-state index in [1.165, 1.54) is 6.42 Å². The number of aromatic nitrogens is 1. The van der Waals surface area contributed by atoms with Gasteiger partial charge in [-0.2, -0.15) is 4.57 Å². The van der Waals surface area contributed by atoms with Crippen molar-refractivity contribution >= 4 is 17.7 Å². The number of piperidine rings is 1. The van der Waals surface area contributed by atoms with Crippen molar-refractivity contribution in [1.29, 1.82) is 0 Å². The molecule has 2 unspecified atom stereocenters. The van der Waals surface area contributed by atoms with Gasteiger partial charge in [-0.1, -0.05) is 20.3 Å². The lowest BCUT2D eigenvalue weighted by molar-refractivity contribution is -0.750. The third kappa shape index (κ3) is 2.66. The highest BCUT2D eigenvalue weighted by Gasteiger charge is 2.60. The highest BCUT2D eigenvalue weighted by Crippen LogP contribution is 2.39. The number of pyridine rings is 1. The summed E-state index contributed by atoms with van der Waals surface area (Å²) >= 11 is 0. The Morgan fingerprint density at radius 2 is 2.00 bits per heavy atom. The molecule has 0 radical (unpaired) electrons. The first-order valence-electron chi connectivity index (χ1n) is 9.31. The maximum atomic E-state index is 13.4. The Labute approximate surface area is 158 Å². The Morgan fingerprint density at radius 1 is 1.33 bits per heavy atom. The quantitative estimate of drug-likeness (QED) is 0.806. The van der Waals surface area contributed by atoms with Crippen molar-refractivity contribution in [2.75, 3.05) is 13.1 Å². The Morgan fingerprint density at radius 3 is 2.59 bits per heavy atom. The zero-order chi connectivity index (χ0) is 18.6. The minimum absolute atomic E-state index is 0. The summed E-state index contributed by atoms with van der Waals surface area (Å²) < 4.78 is 1.91. The Hall–Kier alpha value is -2.32. The normalized spacial score (nSPS) is 27.3. The van der Waals surface area contributed by atoms with Crippen LogP contribution in [0.5, 0.6) is 0 Å². The number of likely N-dealkylation sites (tertiary alicyclic amines) is 1. The molecule has 0 aromatic carbocycles. The summed E-state index contributed by atoms with van der Waals surface area (Å²) in [4.78, 5) is 34.0. The van der Waals surface area contributed by atoms with E-state index in [0.717, 1.165) is 25.9 Å². The maximum absolute atomic E-state index is 13.4. The number of aliphatic imine (C=N–C) groups is 1. The molecular weight excluding hydrogens is 348 g/mol. The van der Waals surface area contributed by atoms with E-state index in [-0.39, 0.29) is 29.2 Å². The van der Waals surface area contributed by atoms with Gasteiger partial charge in [-0.05, 0) is 31.7 Å². The number of carbonyl (C=O) groups excluding carboxylic acids is 1. The van der Waals surface area contributed by atoms with E-state index < -0.39 is 11.5 Å². The van der Waals surface area contributed by atoms with E-state index in [9.17, 15) is 14.7 Å². The molecule has 8 heteroatoms. The molecule has 27 heavy (non-hydrogen) atoms. The van der Waals surface area contributed by atoms with Crippen LogP contribution in [-0.2, 0) is 4.79 Å². The van der Waals surface area contributed by atoms with Gasteiger partial charge in [0.05, 0.1) is 0 Å². The molecule has 2 atom stereocenters. The van der Waals surface area contributed by atoms with Crippen LogP contribution in [-0.4, -0.2) is 56.7 Å². The van der Waals surface area contributed by atoms with E-state index in [2.05, 4.69) is 4.90 Å². The summed E-state index contributed by atoms with van der Waals surface area (Å²) in [6, 6.07) is 3.32. The smallest absolute Gasteiger partial charge is 0.342 e. The van der Waals surface area contributed by atoms with Crippen molar-refractivity contribution in [3.05, 3.63) is 29.6 Å². The van der Waals surface area contributed by atoms with Gasteiger partial charge in [0.25, 0.3) is 11.6 Å². The number of hydrogen-bond acceptors (Lipinski definition) is 5. The highest BCUT2D eigenvalue weighted by molar-refractivity contribution is 6.17. The first-order chi connectivity index (χ1) is 12.4. The first kappa shape index (κ1) is 19.4.